The minimum Gasteiger partial charge on any atom is -0.352 e. The van der Waals surface area contributed by atoms with Gasteiger partial charge < -0.3 is 10.6 Å². The predicted molar refractivity (Wildman–Crippen MR) is 91.0 cm³/mol. The van der Waals surface area contributed by atoms with Crippen LogP contribution in [0.3, 0.4) is 0 Å². The Morgan fingerprint density at radius 1 is 1.30 bits per heavy atom. The number of hydrogen-bond donors (Lipinski definition) is 2. The van der Waals surface area contributed by atoms with Gasteiger partial charge in [-0.1, -0.05) is 31.2 Å². The van der Waals surface area contributed by atoms with Crippen molar-refractivity contribution in [1.29, 1.82) is 0 Å². The van der Waals surface area contributed by atoms with Crippen molar-refractivity contribution in [3.8, 4) is 11.3 Å². The molecule has 6 heteroatoms. The highest BCUT2D eigenvalue weighted by molar-refractivity contribution is 7.14. The van der Waals surface area contributed by atoms with Gasteiger partial charge >= 0.3 is 0 Å². The molecule has 1 fully saturated rings. The lowest BCUT2D eigenvalue weighted by molar-refractivity contribution is -0.119. The molecule has 0 saturated heterocycles. The summed E-state index contributed by atoms with van der Waals surface area (Å²) < 4.78 is 0. The highest BCUT2D eigenvalue weighted by Gasteiger charge is 2.39. The van der Waals surface area contributed by atoms with Crippen LogP contribution in [0.2, 0.25) is 0 Å². The van der Waals surface area contributed by atoms with E-state index in [1.54, 1.807) is 0 Å². The quantitative estimate of drug-likeness (QED) is 0.886. The fourth-order valence-corrected chi connectivity index (χ4v) is 3.09. The van der Waals surface area contributed by atoms with E-state index in [0.717, 1.165) is 23.2 Å². The predicted octanol–water partition coefficient (Wildman–Crippen LogP) is 3.04. The number of anilines is 1. The molecule has 0 spiro atoms. The molecule has 1 aromatic heterocycles. The third kappa shape index (κ3) is 3.96. The molecule has 2 atom stereocenters. The number of nitrogens with zero attached hydrogens (tertiary/aromatic N) is 1. The van der Waals surface area contributed by atoms with Crippen molar-refractivity contribution in [2.45, 2.75) is 26.8 Å². The van der Waals surface area contributed by atoms with Crippen molar-refractivity contribution < 1.29 is 9.59 Å². The largest absolute Gasteiger partial charge is 0.352 e. The second-order valence-corrected chi connectivity index (χ2v) is 6.81. The molecule has 0 aliphatic heterocycles. The number of carbonyl (C=O) groups is 2. The van der Waals surface area contributed by atoms with Crippen molar-refractivity contribution in [2.24, 2.45) is 11.8 Å². The van der Waals surface area contributed by atoms with Gasteiger partial charge in [0, 0.05) is 30.3 Å². The number of amides is 2. The smallest absolute Gasteiger partial charge is 0.229 e. The molecule has 0 unspecified atom stereocenters. The van der Waals surface area contributed by atoms with E-state index < -0.39 is 0 Å². The Kier molecular flexibility index (Phi) is 4.43. The Labute approximate surface area is 139 Å². The number of hydrogen-bond acceptors (Lipinski definition) is 4. The maximum atomic E-state index is 11.9. The third-order valence-corrected chi connectivity index (χ3v) is 4.73. The van der Waals surface area contributed by atoms with E-state index in [4.69, 9.17) is 0 Å². The normalized spacial score (nSPS) is 19.2. The summed E-state index contributed by atoms with van der Waals surface area (Å²) in [5, 5.41) is 8.24. The molecule has 5 nitrogen and oxygen atoms in total. The molecule has 120 valence electrons. The van der Waals surface area contributed by atoms with Gasteiger partial charge in [-0.3, -0.25) is 9.59 Å². The second kappa shape index (κ2) is 6.50. The van der Waals surface area contributed by atoms with E-state index in [2.05, 4.69) is 22.5 Å². The van der Waals surface area contributed by atoms with Crippen molar-refractivity contribution >= 4 is 28.3 Å². The van der Waals surface area contributed by atoms with Crippen molar-refractivity contribution in [3.05, 3.63) is 35.2 Å². The zero-order chi connectivity index (χ0) is 16.4. The van der Waals surface area contributed by atoms with Crippen LogP contribution in [-0.4, -0.2) is 16.8 Å². The molecular weight excluding hydrogens is 310 g/mol. The highest BCUT2D eigenvalue weighted by atomic mass is 32.1. The monoisotopic (exact) mass is 329 g/mol. The topological polar surface area (TPSA) is 71.1 Å². The molecule has 1 aliphatic carbocycles. The van der Waals surface area contributed by atoms with Gasteiger partial charge in [0.1, 0.15) is 0 Å². The molecule has 3 rings (SSSR count). The standard InChI is InChI=1S/C17H19N3O2S/c1-10-7-14(10)16(22)20-17-19-15(9-23-17)13-5-3-12(4-6-13)8-18-11(2)21/h3-6,9-10,14H,7-8H2,1-2H3,(H,18,21)(H,19,20,22)/t10-,14+/m0/s1. The number of rotatable bonds is 5. The Balaban J connectivity index is 1.63. The number of aromatic nitrogens is 1. The van der Waals surface area contributed by atoms with E-state index in [1.165, 1.54) is 18.3 Å². The molecule has 1 heterocycles. The summed E-state index contributed by atoms with van der Waals surface area (Å²) in [7, 11) is 0. The second-order valence-electron chi connectivity index (χ2n) is 5.95. The first-order valence-corrected chi connectivity index (χ1v) is 8.51. The van der Waals surface area contributed by atoms with Crippen molar-refractivity contribution in [2.75, 3.05) is 5.32 Å². The van der Waals surface area contributed by atoms with Crippen LogP contribution in [0.5, 0.6) is 0 Å². The summed E-state index contributed by atoms with van der Waals surface area (Å²) in [5.74, 6) is 0.670. The van der Waals surface area contributed by atoms with E-state index in [-0.39, 0.29) is 17.7 Å². The molecule has 23 heavy (non-hydrogen) atoms. The highest BCUT2D eigenvalue weighted by Crippen LogP contribution is 2.38. The van der Waals surface area contributed by atoms with Gasteiger partial charge in [0.05, 0.1) is 5.69 Å². The van der Waals surface area contributed by atoms with Crippen molar-refractivity contribution in [3.63, 3.8) is 0 Å². The third-order valence-electron chi connectivity index (χ3n) is 3.97. The van der Waals surface area contributed by atoms with Gasteiger partial charge in [-0.05, 0) is 17.9 Å². The van der Waals surface area contributed by atoms with Gasteiger partial charge in [0.2, 0.25) is 11.8 Å². The fraction of sp³-hybridized carbons (Fsp3) is 0.353. The van der Waals surface area contributed by atoms with Gasteiger partial charge in [-0.2, -0.15) is 0 Å². The van der Waals surface area contributed by atoms with Crippen LogP contribution < -0.4 is 10.6 Å². The van der Waals surface area contributed by atoms with Gasteiger partial charge in [-0.15, -0.1) is 11.3 Å². The Morgan fingerprint density at radius 3 is 2.61 bits per heavy atom. The Morgan fingerprint density at radius 2 is 2.00 bits per heavy atom. The van der Waals surface area contributed by atoms with Crippen LogP contribution in [0.4, 0.5) is 5.13 Å². The number of benzene rings is 1. The lowest BCUT2D eigenvalue weighted by Crippen LogP contribution is -2.18. The average Bonchev–Trinajstić information content (AvgIpc) is 3.08. The van der Waals surface area contributed by atoms with Gasteiger partial charge in [-0.25, -0.2) is 4.98 Å². The molecule has 2 aromatic rings. The molecule has 0 bridgehead atoms. The van der Waals surface area contributed by atoms with E-state index >= 15 is 0 Å². The lowest BCUT2D eigenvalue weighted by Gasteiger charge is -2.03. The molecule has 1 aromatic carbocycles. The van der Waals surface area contributed by atoms with E-state index in [1.807, 2.05) is 29.6 Å². The summed E-state index contributed by atoms with van der Waals surface area (Å²) in [5.41, 5.74) is 2.88. The fourth-order valence-electron chi connectivity index (χ4n) is 2.37. The number of thiazole rings is 1. The zero-order valence-electron chi connectivity index (χ0n) is 13.1. The van der Waals surface area contributed by atoms with Gasteiger partial charge in [0.25, 0.3) is 0 Å². The maximum Gasteiger partial charge on any atom is 0.229 e. The Bertz CT molecular complexity index is 724. The lowest BCUT2D eigenvalue weighted by atomic mass is 10.1. The molecular formula is C17H19N3O2S. The van der Waals surface area contributed by atoms with Crippen LogP contribution in [0.15, 0.2) is 29.6 Å². The summed E-state index contributed by atoms with van der Waals surface area (Å²) in [6, 6.07) is 7.88. The first kappa shape index (κ1) is 15.7. The number of nitrogens with one attached hydrogen (secondary N) is 2. The van der Waals surface area contributed by atoms with Crippen LogP contribution in [0, 0.1) is 11.8 Å². The number of carbonyl (C=O) groups excluding carboxylic acids is 2. The first-order valence-electron chi connectivity index (χ1n) is 7.63. The molecule has 2 amide bonds. The first-order chi connectivity index (χ1) is 11.0. The molecule has 1 aliphatic rings. The summed E-state index contributed by atoms with van der Waals surface area (Å²) >= 11 is 1.44. The van der Waals surface area contributed by atoms with Crippen molar-refractivity contribution in [1.82, 2.24) is 10.3 Å². The maximum absolute atomic E-state index is 11.9. The van der Waals surface area contributed by atoms with Crippen LogP contribution in [0.25, 0.3) is 11.3 Å². The van der Waals surface area contributed by atoms with Gasteiger partial charge in [0.15, 0.2) is 5.13 Å². The molecule has 0 radical (unpaired) electrons. The summed E-state index contributed by atoms with van der Waals surface area (Å²) in [4.78, 5) is 27.3. The van der Waals surface area contributed by atoms with Crippen LogP contribution in [0.1, 0.15) is 25.8 Å². The summed E-state index contributed by atoms with van der Waals surface area (Å²) in [6.07, 6.45) is 0.972. The molecule has 1 saturated carbocycles. The molecule has 2 N–H and O–H groups in total. The van der Waals surface area contributed by atoms with Crippen LogP contribution >= 0.6 is 11.3 Å². The minimum atomic E-state index is -0.0426. The Hall–Kier alpha value is -2.21. The van der Waals surface area contributed by atoms with Crippen LogP contribution in [-0.2, 0) is 16.1 Å². The average molecular weight is 329 g/mol. The van der Waals surface area contributed by atoms with E-state index in [0.29, 0.717) is 17.6 Å². The van der Waals surface area contributed by atoms with E-state index in [9.17, 15) is 9.59 Å². The summed E-state index contributed by atoms with van der Waals surface area (Å²) in [6.45, 7) is 4.11. The zero-order valence-corrected chi connectivity index (χ0v) is 13.9. The minimum absolute atomic E-state index is 0.0426. The SMILES string of the molecule is CC(=O)NCc1ccc(-c2csc(NC(=O)[C@@H]3C[C@@H]3C)n2)cc1.